The third-order valence-electron chi connectivity index (χ3n) is 3.63. The maximum absolute atomic E-state index is 7.67. The summed E-state index contributed by atoms with van der Waals surface area (Å²) in [6.07, 6.45) is 6.10. The van der Waals surface area contributed by atoms with E-state index in [1.807, 2.05) is 12.1 Å². The zero-order valence-corrected chi connectivity index (χ0v) is 10.00. The summed E-state index contributed by atoms with van der Waals surface area (Å²) in [7, 11) is 0. The van der Waals surface area contributed by atoms with Gasteiger partial charge in [0.15, 0.2) is 0 Å². The summed E-state index contributed by atoms with van der Waals surface area (Å²) in [5, 5.41) is 7.67. The molecule has 2 rings (SSSR count). The molecular weight excluding hydrogens is 212 g/mol. The number of amidine groups is 1. The lowest BCUT2D eigenvalue weighted by molar-refractivity contribution is 0.443. The van der Waals surface area contributed by atoms with Crippen molar-refractivity contribution in [2.75, 3.05) is 11.5 Å². The van der Waals surface area contributed by atoms with Gasteiger partial charge in [0, 0.05) is 5.56 Å². The molecular formula is C13H20N4. The molecule has 1 saturated carbocycles. The van der Waals surface area contributed by atoms with Gasteiger partial charge in [0.05, 0.1) is 11.4 Å². The number of nitrogen functional groups attached to an aromatic ring is 3. The van der Waals surface area contributed by atoms with E-state index < -0.39 is 0 Å². The lowest BCUT2D eigenvalue weighted by Gasteiger charge is -2.25. The lowest BCUT2D eigenvalue weighted by Crippen LogP contribution is -2.19. The molecule has 1 aliphatic rings. The molecule has 1 aromatic carbocycles. The third-order valence-corrected chi connectivity index (χ3v) is 3.63. The SMILES string of the molecule is N=C(N)c1c(C2CCCCC2)ccc(N)c1N. The molecule has 0 saturated heterocycles. The van der Waals surface area contributed by atoms with Crippen LogP contribution >= 0.6 is 0 Å². The van der Waals surface area contributed by atoms with Crippen molar-refractivity contribution in [1.82, 2.24) is 0 Å². The van der Waals surface area contributed by atoms with Gasteiger partial charge in [-0.15, -0.1) is 0 Å². The van der Waals surface area contributed by atoms with Gasteiger partial charge in [-0.1, -0.05) is 25.3 Å². The highest BCUT2D eigenvalue weighted by Crippen LogP contribution is 2.37. The van der Waals surface area contributed by atoms with E-state index in [2.05, 4.69) is 0 Å². The maximum atomic E-state index is 7.67. The Morgan fingerprint density at radius 2 is 1.76 bits per heavy atom. The Morgan fingerprint density at radius 1 is 1.12 bits per heavy atom. The van der Waals surface area contributed by atoms with Crippen LogP contribution in [0, 0.1) is 5.41 Å². The minimum Gasteiger partial charge on any atom is -0.397 e. The van der Waals surface area contributed by atoms with E-state index in [9.17, 15) is 0 Å². The smallest absolute Gasteiger partial charge is 0.125 e. The Morgan fingerprint density at radius 3 is 2.35 bits per heavy atom. The molecule has 7 N–H and O–H groups in total. The van der Waals surface area contributed by atoms with Gasteiger partial charge in [-0.25, -0.2) is 0 Å². The molecule has 1 fully saturated rings. The number of hydrogen-bond donors (Lipinski definition) is 4. The average molecular weight is 232 g/mol. The first kappa shape index (κ1) is 11.8. The molecule has 0 atom stereocenters. The standard InChI is InChI=1S/C13H20N4/c14-10-7-6-9(8-4-2-1-3-5-8)11(12(10)15)13(16)17/h6-8H,1-5,14-15H2,(H3,16,17). The number of nitrogens with one attached hydrogen (secondary N) is 1. The highest BCUT2D eigenvalue weighted by Gasteiger charge is 2.21. The van der Waals surface area contributed by atoms with Gasteiger partial charge in [-0.3, -0.25) is 5.41 Å². The van der Waals surface area contributed by atoms with Crippen LogP contribution in [-0.4, -0.2) is 5.84 Å². The van der Waals surface area contributed by atoms with Crippen LogP contribution in [0.2, 0.25) is 0 Å². The van der Waals surface area contributed by atoms with Crippen LogP contribution in [0.4, 0.5) is 11.4 Å². The minimum absolute atomic E-state index is 0.0235. The second-order valence-electron chi connectivity index (χ2n) is 4.78. The summed E-state index contributed by atoms with van der Waals surface area (Å²) in [5.74, 6) is 0.501. The Labute approximate surface area is 102 Å². The second-order valence-corrected chi connectivity index (χ2v) is 4.78. The van der Waals surface area contributed by atoms with Crippen LogP contribution in [-0.2, 0) is 0 Å². The summed E-state index contributed by atoms with van der Waals surface area (Å²) in [5.41, 5.74) is 20.1. The Hall–Kier alpha value is -1.71. The molecule has 0 aromatic heterocycles. The average Bonchev–Trinajstić information content (AvgIpc) is 2.33. The topological polar surface area (TPSA) is 102 Å². The molecule has 0 amide bonds. The van der Waals surface area contributed by atoms with Crippen LogP contribution in [0.3, 0.4) is 0 Å². The molecule has 4 heteroatoms. The second kappa shape index (κ2) is 4.65. The van der Waals surface area contributed by atoms with Crippen molar-refractivity contribution < 1.29 is 0 Å². The number of rotatable bonds is 2. The summed E-state index contributed by atoms with van der Waals surface area (Å²) < 4.78 is 0. The quantitative estimate of drug-likeness (QED) is 0.357. The molecule has 92 valence electrons. The fraction of sp³-hybridized carbons (Fsp3) is 0.462. The van der Waals surface area contributed by atoms with Gasteiger partial charge in [0.25, 0.3) is 0 Å². The summed E-state index contributed by atoms with van der Waals surface area (Å²) in [6, 6.07) is 3.81. The van der Waals surface area contributed by atoms with Crippen molar-refractivity contribution in [3.63, 3.8) is 0 Å². The predicted molar refractivity (Wildman–Crippen MR) is 72.1 cm³/mol. The number of hydrogen-bond acceptors (Lipinski definition) is 3. The van der Waals surface area contributed by atoms with Crippen molar-refractivity contribution in [3.8, 4) is 0 Å². The van der Waals surface area contributed by atoms with Crippen LogP contribution in [0.25, 0.3) is 0 Å². The number of anilines is 2. The van der Waals surface area contributed by atoms with E-state index in [0.717, 1.165) is 18.4 Å². The maximum Gasteiger partial charge on any atom is 0.125 e. The highest BCUT2D eigenvalue weighted by atomic mass is 14.7. The van der Waals surface area contributed by atoms with E-state index in [1.54, 1.807) is 0 Å². The first-order chi connectivity index (χ1) is 8.11. The first-order valence-electron chi connectivity index (χ1n) is 6.13. The van der Waals surface area contributed by atoms with Crippen LogP contribution in [0.5, 0.6) is 0 Å². The van der Waals surface area contributed by atoms with Gasteiger partial charge in [-0.05, 0) is 30.4 Å². The summed E-state index contributed by atoms with van der Waals surface area (Å²) in [4.78, 5) is 0. The van der Waals surface area contributed by atoms with Gasteiger partial charge < -0.3 is 17.2 Å². The molecule has 4 nitrogen and oxygen atoms in total. The number of benzene rings is 1. The normalized spacial score (nSPS) is 16.9. The molecule has 1 aliphatic carbocycles. The zero-order chi connectivity index (χ0) is 12.4. The van der Waals surface area contributed by atoms with Crippen molar-refractivity contribution in [2.45, 2.75) is 38.0 Å². The number of nitrogens with two attached hydrogens (primary N) is 3. The van der Waals surface area contributed by atoms with Gasteiger partial charge in [-0.2, -0.15) is 0 Å². The molecule has 17 heavy (non-hydrogen) atoms. The van der Waals surface area contributed by atoms with E-state index in [-0.39, 0.29) is 5.84 Å². The van der Waals surface area contributed by atoms with Crippen molar-refractivity contribution in [2.24, 2.45) is 5.73 Å². The molecule has 0 bridgehead atoms. The van der Waals surface area contributed by atoms with Gasteiger partial charge in [0.2, 0.25) is 0 Å². The summed E-state index contributed by atoms with van der Waals surface area (Å²) in [6.45, 7) is 0. The monoisotopic (exact) mass is 232 g/mol. The van der Waals surface area contributed by atoms with Crippen molar-refractivity contribution >= 4 is 17.2 Å². The van der Waals surface area contributed by atoms with Crippen LogP contribution < -0.4 is 17.2 Å². The molecule has 0 aliphatic heterocycles. The third kappa shape index (κ3) is 2.20. The van der Waals surface area contributed by atoms with Crippen molar-refractivity contribution in [1.29, 1.82) is 5.41 Å². The molecule has 0 heterocycles. The van der Waals surface area contributed by atoms with E-state index >= 15 is 0 Å². The van der Waals surface area contributed by atoms with E-state index in [4.69, 9.17) is 22.6 Å². The van der Waals surface area contributed by atoms with E-state index in [1.165, 1.54) is 19.3 Å². The van der Waals surface area contributed by atoms with Crippen LogP contribution in [0.1, 0.15) is 49.1 Å². The van der Waals surface area contributed by atoms with E-state index in [0.29, 0.717) is 22.9 Å². The first-order valence-corrected chi connectivity index (χ1v) is 6.13. The Balaban J connectivity index is 2.45. The predicted octanol–water partition coefficient (Wildman–Crippen LogP) is 2.18. The minimum atomic E-state index is 0.0235. The lowest BCUT2D eigenvalue weighted by atomic mass is 9.81. The Bertz CT molecular complexity index is 433. The molecule has 0 unspecified atom stereocenters. The Kier molecular flexibility index (Phi) is 3.22. The van der Waals surface area contributed by atoms with Gasteiger partial charge in [0.1, 0.15) is 5.84 Å². The molecule has 0 spiro atoms. The molecule has 1 aromatic rings. The largest absolute Gasteiger partial charge is 0.397 e. The molecule has 0 radical (unpaired) electrons. The fourth-order valence-electron chi connectivity index (χ4n) is 2.71. The van der Waals surface area contributed by atoms with Gasteiger partial charge >= 0.3 is 0 Å². The zero-order valence-electron chi connectivity index (χ0n) is 10.00. The van der Waals surface area contributed by atoms with Crippen LogP contribution in [0.15, 0.2) is 12.1 Å². The summed E-state index contributed by atoms with van der Waals surface area (Å²) >= 11 is 0. The fourth-order valence-corrected chi connectivity index (χ4v) is 2.71. The highest BCUT2D eigenvalue weighted by molar-refractivity contribution is 6.03. The van der Waals surface area contributed by atoms with Crippen molar-refractivity contribution in [3.05, 3.63) is 23.3 Å².